The van der Waals surface area contributed by atoms with E-state index in [1.165, 1.54) is 16.6 Å². The lowest BCUT2D eigenvalue weighted by Gasteiger charge is -2.13. The number of aromatic nitrogens is 2. The van der Waals surface area contributed by atoms with Gasteiger partial charge in [0.1, 0.15) is 10.6 Å². The van der Waals surface area contributed by atoms with Gasteiger partial charge in [-0.15, -0.1) is 11.3 Å². The van der Waals surface area contributed by atoms with Gasteiger partial charge in [0.05, 0.1) is 30.2 Å². The minimum atomic E-state index is -0.317. The molecule has 0 aliphatic heterocycles. The van der Waals surface area contributed by atoms with Gasteiger partial charge in [-0.25, -0.2) is 10.4 Å². The SMILES string of the molecule is COc1ccc2ccccc2c1C=NNC(=O)CSc1nc2sc3c(c2c(=O)n1-c1ccc(Cl)cc1)CCCC3. The Balaban J connectivity index is 1.27. The number of fused-ring (bicyclic) bond motifs is 4. The number of nitrogens with zero attached hydrogens (tertiary/aromatic N) is 3. The van der Waals surface area contributed by atoms with Crippen LogP contribution in [0.5, 0.6) is 5.75 Å². The van der Waals surface area contributed by atoms with E-state index in [-0.39, 0.29) is 17.2 Å². The van der Waals surface area contributed by atoms with Crippen LogP contribution in [0.4, 0.5) is 0 Å². The van der Waals surface area contributed by atoms with E-state index in [1.54, 1.807) is 53.5 Å². The molecular formula is C30H25ClN4O3S2. The third-order valence-electron chi connectivity index (χ3n) is 6.91. The number of carbonyl (C=O) groups excluding carboxylic acids is 1. The Kier molecular flexibility index (Phi) is 7.60. The Hall–Kier alpha value is -3.66. The van der Waals surface area contributed by atoms with Crippen molar-refractivity contribution in [3.05, 3.63) is 92.0 Å². The molecule has 2 heterocycles. The molecule has 7 nitrogen and oxygen atoms in total. The van der Waals surface area contributed by atoms with Crippen molar-refractivity contribution in [3.63, 3.8) is 0 Å². The van der Waals surface area contributed by atoms with Crippen LogP contribution in [0.15, 0.2) is 75.7 Å². The van der Waals surface area contributed by atoms with Gasteiger partial charge < -0.3 is 4.74 Å². The number of halogens is 1. The summed E-state index contributed by atoms with van der Waals surface area (Å²) in [5.74, 6) is 0.373. The summed E-state index contributed by atoms with van der Waals surface area (Å²) in [4.78, 5) is 33.5. The Morgan fingerprint density at radius 2 is 1.95 bits per heavy atom. The lowest BCUT2D eigenvalue weighted by Crippen LogP contribution is -2.24. The van der Waals surface area contributed by atoms with Crippen molar-refractivity contribution in [2.45, 2.75) is 30.8 Å². The summed E-state index contributed by atoms with van der Waals surface area (Å²) in [5.41, 5.74) is 5.04. The van der Waals surface area contributed by atoms with Crippen molar-refractivity contribution >= 4 is 67.8 Å². The van der Waals surface area contributed by atoms with Crippen molar-refractivity contribution in [1.29, 1.82) is 0 Å². The highest BCUT2D eigenvalue weighted by Gasteiger charge is 2.23. The Morgan fingerprint density at radius 3 is 2.77 bits per heavy atom. The second kappa shape index (κ2) is 11.4. The van der Waals surface area contributed by atoms with E-state index < -0.39 is 0 Å². The summed E-state index contributed by atoms with van der Waals surface area (Å²) in [6, 6.07) is 18.8. The van der Waals surface area contributed by atoms with E-state index >= 15 is 0 Å². The molecule has 1 aliphatic rings. The first-order chi connectivity index (χ1) is 19.5. The molecule has 0 spiro atoms. The number of nitrogens with one attached hydrogen (secondary N) is 1. The molecular weight excluding hydrogens is 564 g/mol. The van der Waals surface area contributed by atoms with Gasteiger partial charge in [0, 0.05) is 15.5 Å². The summed E-state index contributed by atoms with van der Waals surface area (Å²) in [6.07, 6.45) is 5.65. The number of aryl methyl sites for hydroxylation is 2. The number of thiophene rings is 1. The smallest absolute Gasteiger partial charge is 0.267 e. The number of amides is 1. The van der Waals surface area contributed by atoms with Crippen LogP contribution in [0.1, 0.15) is 28.8 Å². The highest BCUT2D eigenvalue weighted by atomic mass is 35.5. The van der Waals surface area contributed by atoms with Crippen LogP contribution in [0.2, 0.25) is 5.02 Å². The molecule has 40 heavy (non-hydrogen) atoms. The average Bonchev–Trinajstić information content (AvgIpc) is 3.35. The number of carbonyl (C=O) groups is 1. The second-order valence-electron chi connectivity index (χ2n) is 9.39. The molecule has 6 rings (SSSR count). The summed E-state index contributed by atoms with van der Waals surface area (Å²) in [7, 11) is 1.60. The standard InChI is InChI=1S/C30H25ClN4O3S2/c1-38-24-15-10-18-6-2-3-7-21(18)23(24)16-32-34-26(36)17-39-30-33-28-27(22-8-4-5-9-25(22)40-28)29(37)35(30)20-13-11-19(31)12-14-20/h2-3,6-7,10-16H,4-5,8-9,17H2,1H3,(H,34,36). The number of methoxy groups -OCH3 is 1. The van der Waals surface area contributed by atoms with Gasteiger partial charge in [-0.3, -0.25) is 14.2 Å². The van der Waals surface area contributed by atoms with Gasteiger partial charge in [-0.05, 0) is 72.4 Å². The molecule has 202 valence electrons. The largest absolute Gasteiger partial charge is 0.496 e. The van der Waals surface area contributed by atoms with E-state index in [1.807, 2.05) is 36.4 Å². The predicted octanol–water partition coefficient (Wildman–Crippen LogP) is 6.38. The van der Waals surface area contributed by atoms with E-state index in [0.29, 0.717) is 27.0 Å². The molecule has 0 bridgehead atoms. The molecule has 0 radical (unpaired) electrons. The lowest BCUT2D eigenvalue weighted by molar-refractivity contribution is -0.118. The van der Waals surface area contributed by atoms with Gasteiger partial charge >= 0.3 is 0 Å². The lowest BCUT2D eigenvalue weighted by atomic mass is 9.97. The summed E-state index contributed by atoms with van der Waals surface area (Å²) >= 11 is 8.91. The quantitative estimate of drug-likeness (QED) is 0.103. The zero-order chi connectivity index (χ0) is 27.6. The van der Waals surface area contributed by atoms with Crippen LogP contribution < -0.4 is 15.7 Å². The topological polar surface area (TPSA) is 85.6 Å². The van der Waals surface area contributed by atoms with Crippen molar-refractivity contribution in [2.24, 2.45) is 5.10 Å². The third-order valence-corrected chi connectivity index (χ3v) is 9.29. The molecule has 0 saturated heterocycles. The van der Waals surface area contributed by atoms with E-state index in [4.69, 9.17) is 21.3 Å². The number of hydrogen-bond donors (Lipinski definition) is 1. The van der Waals surface area contributed by atoms with Crippen molar-refractivity contribution in [1.82, 2.24) is 15.0 Å². The van der Waals surface area contributed by atoms with Gasteiger partial charge in [-0.1, -0.05) is 53.7 Å². The highest BCUT2D eigenvalue weighted by Crippen LogP contribution is 2.35. The van der Waals surface area contributed by atoms with Crippen LogP contribution in [-0.4, -0.2) is 34.5 Å². The average molecular weight is 589 g/mol. The summed E-state index contributed by atoms with van der Waals surface area (Å²) in [5, 5.41) is 7.93. The third kappa shape index (κ3) is 5.12. The maximum absolute atomic E-state index is 13.9. The molecule has 1 amide bonds. The molecule has 10 heteroatoms. The Bertz CT molecular complexity index is 1830. The maximum atomic E-state index is 13.9. The van der Waals surface area contributed by atoms with Gasteiger partial charge in [0.25, 0.3) is 11.5 Å². The van der Waals surface area contributed by atoms with Crippen molar-refractivity contribution in [2.75, 3.05) is 12.9 Å². The molecule has 0 saturated carbocycles. The number of thioether (sulfide) groups is 1. The van der Waals surface area contributed by atoms with Crippen LogP contribution >= 0.6 is 34.7 Å². The zero-order valence-electron chi connectivity index (χ0n) is 21.6. The molecule has 0 fully saturated rings. The van der Waals surface area contributed by atoms with Crippen LogP contribution in [-0.2, 0) is 17.6 Å². The van der Waals surface area contributed by atoms with E-state index in [2.05, 4.69) is 10.5 Å². The van der Waals surface area contributed by atoms with Crippen molar-refractivity contribution < 1.29 is 9.53 Å². The van der Waals surface area contributed by atoms with Crippen LogP contribution in [0.3, 0.4) is 0 Å². The normalized spacial score (nSPS) is 13.2. The maximum Gasteiger partial charge on any atom is 0.267 e. The minimum Gasteiger partial charge on any atom is -0.496 e. The predicted molar refractivity (Wildman–Crippen MR) is 164 cm³/mol. The number of benzene rings is 3. The van der Waals surface area contributed by atoms with Gasteiger partial charge in [-0.2, -0.15) is 5.10 Å². The fourth-order valence-corrected chi connectivity index (χ4v) is 7.25. The van der Waals surface area contributed by atoms with Crippen molar-refractivity contribution in [3.8, 4) is 11.4 Å². The Labute approximate surface area is 243 Å². The first-order valence-corrected chi connectivity index (χ1v) is 15.0. The number of hydrazone groups is 1. The molecule has 2 aromatic heterocycles. The molecule has 1 N–H and O–H groups in total. The zero-order valence-corrected chi connectivity index (χ0v) is 24.0. The summed E-state index contributed by atoms with van der Waals surface area (Å²) in [6.45, 7) is 0. The first-order valence-electron chi connectivity index (χ1n) is 12.9. The number of ether oxygens (including phenoxy) is 1. The van der Waals surface area contributed by atoms with Gasteiger partial charge in [0.15, 0.2) is 5.16 Å². The molecule has 0 atom stereocenters. The van der Waals surface area contributed by atoms with E-state index in [9.17, 15) is 9.59 Å². The Morgan fingerprint density at radius 1 is 1.15 bits per heavy atom. The number of hydrogen-bond acceptors (Lipinski definition) is 7. The molecule has 0 unspecified atom stereocenters. The minimum absolute atomic E-state index is 0.0284. The second-order valence-corrected chi connectivity index (χ2v) is 11.8. The molecule has 1 aliphatic carbocycles. The highest BCUT2D eigenvalue weighted by molar-refractivity contribution is 7.99. The van der Waals surface area contributed by atoms with E-state index in [0.717, 1.165) is 52.4 Å². The monoisotopic (exact) mass is 588 g/mol. The number of rotatable bonds is 7. The molecule has 5 aromatic rings. The van der Waals surface area contributed by atoms with Crippen LogP contribution in [0, 0.1) is 0 Å². The van der Waals surface area contributed by atoms with Gasteiger partial charge in [0.2, 0.25) is 0 Å². The fourth-order valence-electron chi connectivity index (χ4n) is 5.02. The fraction of sp³-hybridized carbons (Fsp3) is 0.200. The molecule has 3 aromatic carbocycles. The van der Waals surface area contributed by atoms with Crippen LogP contribution in [0.25, 0.3) is 26.7 Å². The first kappa shape index (κ1) is 26.6. The summed E-state index contributed by atoms with van der Waals surface area (Å²) < 4.78 is 7.09.